The lowest BCUT2D eigenvalue weighted by Crippen LogP contribution is -2.20. The summed E-state index contributed by atoms with van der Waals surface area (Å²) >= 11 is 0. The smallest absolute Gasteiger partial charge is 0.0242 e. The molecule has 1 aliphatic carbocycles. The summed E-state index contributed by atoms with van der Waals surface area (Å²) in [5, 5.41) is 0. The Labute approximate surface area is 197 Å². The molecule has 0 bridgehead atoms. The maximum Gasteiger partial charge on any atom is 0.0242 e. The van der Waals surface area contributed by atoms with E-state index in [-0.39, 0.29) is 0 Å². The third kappa shape index (κ3) is 6.62. The van der Waals surface area contributed by atoms with Crippen molar-refractivity contribution in [1.82, 2.24) is 0 Å². The zero-order chi connectivity index (χ0) is 23.1. The highest BCUT2D eigenvalue weighted by atomic mass is 14.3. The van der Waals surface area contributed by atoms with Gasteiger partial charge in [0.15, 0.2) is 0 Å². The molecule has 0 spiro atoms. The van der Waals surface area contributed by atoms with E-state index in [0.717, 1.165) is 24.3 Å². The van der Waals surface area contributed by atoms with Crippen molar-refractivity contribution in [1.29, 1.82) is 0 Å². The van der Waals surface area contributed by atoms with Gasteiger partial charge in [-0.2, -0.15) is 0 Å². The molecule has 1 fully saturated rings. The summed E-state index contributed by atoms with van der Waals surface area (Å²) in [6.07, 6.45) is 15.9. The van der Waals surface area contributed by atoms with E-state index in [9.17, 15) is 0 Å². The van der Waals surface area contributed by atoms with Crippen LogP contribution < -0.4 is 0 Å². The van der Waals surface area contributed by atoms with Gasteiger partial charge in [-0.25, -0.2) is 0 Å². The summed E-state index contributed by atoms with van der Waals surface area (Å²) in [7, 11) is 0. The van der Waals surface area contributed by atoms with Gasteiger partial charge in [0.05, 0.1) is 0 Å². The fourth-order valence-electron chi connectivity index (χ4n) is 5.64. The molecule has 1 aliphatic rings. The van der Waals surface area contributed by atoms with E-state index in [0.29, 0.717) is 17.8 Å². The van der Waals surface area contributed by atoms with Gasteiger partial charge in [0, 0.05) is 5.56 Å². The summed E-state index contributed by atoms with van der Waals surface area (Å²) in [6, 6.07) is 16.0. The number of hydrogen-bond donors (Lipinski definition) is 0. The third-order valence-electron chi connectivity index (χ3n) is 7.25. The van der Waals surface area contributed by atoms with Crippen LogP contribution >= 0.6 is 0 Å². The van der Waals surface area contributed by atoms with Gasteiger partial charge < -0.3 is 0 Å². The minimum absolute atomic E-state index is 0.502. The van der Waals surface area contributed by atoms with E-state index in [1.807, 2.05) is 0 Å². The molecular formula is C32H42. The standard InChI is InChI=1S/C32H42/c1-7-26-13-15-27(16-14-26)21-30-22-29(25(6)19-23(2)3)17-18-31(30)32(20-24(4)5)28-11-9-8-10-12-28/h1,13-18,22,24-25,28,32H,2,8-12,19-21H2,3-6H3/t25-,32?/m1/s1. The molecule has 2 aromatic carbocycles. The van der Waals surface area contributed by atoms with Gasteiger partial charge in [-0.1, -0.05) is 81.9 Å². The van der Waals surface area contributed by atoms with E-state index in [2.05, 4.69) is 82.7 Å². The summed E-state index contributed by atoms with van der Waals surface area (Å²) in [4.78, 5) is 0. The molecule has 0 radical (unpaired) electrons. The van der Waals surface area contributed by atoms with E-state index in [4.69, 9.17) is 6.42 Å². The van der Waals surface area contributed by atoms with Gasteiger partial charge >= 0.3 is 0 Å². The minimum atomic E-state index is 0.502. The second kappa shape index (κ2) is 11.6. The highest BCUT2D eigenvalue weighted by molar-refractivity contribution is 5.42. The van der Waals surface area contributed by atoms with Crippen molar-refractivity contribution < 1.29 is 0 Å². The summed E-state index contributed by atoms with van der Waals surface area (Å²) in [5.41, 5.74) is 8.12. The molecule has 0 aliphatic heterocycles. The maximum absolute atomic E-state index is 5.58. The molecular weight excluding hydrogens is 384 g/mol. The Morgan fingerprint density at radius 2 is 1.72 bits per heavy atom. The molecule has 1 unspecified atom stereocenters. The molecule has 0 heteroatoms. The second-order valence-corrected chi connectivity index (χ2v) is 10.7. The quantitative estimate of drug-likeness (QED) is 0.277. The van der Waals surface area contributed by atoms with Gasteiger partial charge in [0.25, 0.3) is 0 Å². The fourth-order valence-corrected chi connectivity index (χ4v) is 5.64. The van der Waals surface area contributed by atoms with Crippen LogP contribution in [0.3, 0.4) is 0 Å². The van der Waals surface area contributed by atoms with Gasteiger partial charge in [-0.3, -0.25) is 0 Å². The number of allylic oxidation sites excluding steroid dienone is 1. The Kier molecular flexibility index (Phi) is 8.81. The van der Waals surface area contributed by atoms with E-state index >= 15 is 0 Å². The Bertz CT molecular complexity index is 916. The zero-order valence-electron chi connectivity index (χ0n) is 20.8. The van der Waals surface area contributed by atoms with Crippen molar-refractivity contribution in [2.75, 3.05) is 0 Å². The molecule has 0 amide bonds. The Morgan fingerprint density at radius 3 is 2.31 bits per heavy atom. The molecule has 2 aromatic rings. The monoisotopic (exact) mass is 426 g/mol. The topological polar surface area (TPSA) is 0 Å². The SMILES string of the molecule is C#Cc1ccc(Cc2cc([C@H](C)CC(=C)C)ccc2C(CC(C)C)C2CCCCC2)cc1. The number of hydrogen-bond acceptors (Lipinski definition) is 0. The lowest BCUT2D eigenvalue weighted by Gasteiger charge is -2.33. The predicted octanol–water partition coefficient (Wildman–Crippen LogP) is 9.04. The fraction of sp³-hybridized carbons (Fsp3) is 0.500. The number of terminal acetylenes is 1. The number of benzene rings is 2. The highest BCUT2D eigenvalue weighted by Crippen LogP contribution is 2.42. The van der Waals surface area contributed by atoms with Crippen LogP contribution in [0.1, 0.15) is 112 Å². The Hall–Kier alpha value is -2.26. The van der Waals surface area contributed by atoms with Crippen LogP contribution in [0.15, 0.2) is 54.6 Å². The molecule has 170 valence electrons. The average Bonchev–Trinajstić information content (AvgIpc) is 2.78. The predicted molar refractivity (Wildman–Crippen MR) is 140 cm³/mol. The lowest BCUT2D eigenvalue weighted by atomic mass is 9.71. The number of rotatable bonds is 9. The third-order valence-corrected chi connectivity index (χ3v) is 7.25. The summed E-state index contributed by atoms with van der Waals surface area (Å²) < 4.78 is 0. The molecule has 0 nitrogen and oxygen atoms in total. The zero-order valence-corrected chi connectivity index (χ0v) is 20.8. The van der Waals surface area contributed by atoms with E-state index < -0.39 is 0 Å². The van der Waals surface area contributed by atoms with Crippen LogP contribution in [0.5, 0.6) is 0 Å². The first-order chi connectivity index (χ1) is 15.4. The maximum atomic E-state index is 5.58. The average molecular weight is 427 g/mol. The van der Waals surface area contributed by atoms with Crippen molar-refractivity contribution >= 4 is 0 Å². The van der Waals surface area contributed by atoms with Crippen molar-refractivity contribution in [3.05, 3.63) is 82.4 Å². The van der Waals surface area contributed by atoms with Gasteiger partial charge in [-0.15, -0.1) is 13.0 Å². The van der Waals surface area contributed by atoms with Crippen molar-refractivity contribution in [2.45, 2.75) is 90.9 Å². The highest BCUT2D eigenvalue weighted by Gasteiger charge is 2.28. The normalized spacial score (nSPS) is 16.5. The van der Waals surface area contributed by atoms with Crippen molar-refractivity contribution in [3.8, 4) is 12.3 Å². The Balaban J connectivity index is 2.00. The van der Waals surface area contributed by atoms with Gasteiger partial charge in [-0.05, 0) is 97.1 Å². The molecule has 0 heterocycles. The Morgan fingerprint density at radius 1 is 1.03 bits per heavy atom. The lowest BCUT2D eigenvalue weighted by molar-refractivity contribution is 0.276. The molecule has 0 aromatic heterocycles. The molecule has 3 rings (SSSR count). The first-order valence-corrected chi connectivity index (χ1v) is 12.7. The van der Waals surface area contributed by atoms with Gasteiger partial charge in [0.2, 0.25) is 0 Å². The molecule has 1 saturated carbocycles. The molecule has 0 N–H and O–H groups in total. The van der Waals surface area contributed by atoms with Crippen molar-refractivity contribution in [2.24, 2.45) is 11.8 Å². The van der Waals surface area contributed by atoms with E-state index in [1.54, 1.807) is 5.56 Å². The van der Waals surface area contributed by atoms with Crippen LogP contribution in [-0.4, -0.2) is 0 Å². The van der Waals surface area contributed by atoms with Gasteiger partial charge in [0.1, 0.15) is 0 Å². The van der Waals surface area contributed by atoms with E-state index in [1.165, 1.54) is 60.8 Å². The van der Waals surface area contributed by atoms with Crippen molar-refractivity contribution in [3.63, 3.8) is 0 Å². The van der Waals surface area contributed by atoms with Crippen LogP contribution in [0, 0.1) is 24.2 Å². The van der Waals surface area contributed by atoms with Crippen LogP contribution in [0.4, 0.5) is 0 Å². The molecule has 32 heavy (non-hydrogen) atoms. The van der Waals surface area contributed by atoms with Crippen LogP contribution in [0.25, 0.3) is 0 Å². The van der Waals surface area contributed by atoms with Crippen LogP contribution in [-0.2, 0) is 6.42 Å². The second-order valence-electron chi connectivity index (χ2n) is 10.7. The largest absolute Gasteiger partial charge is 0.115 e. The summed E-state index contributed by atoms with van der Waals surface area (Å²) in [6.45, 7) is 13.4. The first kappa shape index (κ1) is 24.4. The molecule has 0 saturated heterocycles. The van der Waals surface area contributed by atoms with Crippen LogP contribution in [0.2, 0.25) is 0 Å². The minimum Gasteiger partial charge on any atom is -0.115 e. The summed E-state index contributed by atoms with van der Waals surface area (Å²) in [5.74, 6) is 5.46. The molecule has 2 atom stereocenters. The first-order valence-electron chi connectivity index (χ1n) is 12.7.